The van der Waals surface area contributed by atoms with Gasteiger partial charge in [-0.15, -0.1) is 0 Å². The van der Waals surface area contributed by atoms with Crippen LogP contribution < -0.4 is 9.62 Å². The Balaban J connectivity index is 2.42. The van der Waals surface area contributed by atoms with E-state index < -0.39 is 15.8 Å². The fourth-order valence-electron chi connectivity index (χ4n) is 2.62. The average molecular weight is 318 g/mol. The number of para-hydroxylation sites is 1. The van der Waals surface area contributed by atoms with Gasteiger partial charge in [0.05, 0.1) is 5.69 Å². The van der Waals surface area contributed by atoms with Gasteiger partial charge in [-0.25, -0.2) is 8.42 Å². The SMILES string of the molecule is CCCNC1CCCN(S(=O)(=O)C(F)F)c2ccccc21. The highest BCUT2D eigenvalue weighted by atomic mass is 32.2. The minimum absolute atomic E-state index is 0.000905. The molecule has 0 fully saturated rings. The zero-order valence-corrected chi connectivity index (χ0v) is 12.7. The zero-order valence-electron chi connectivity index (χ0n) is 11.9. The minimum atomic E-state index is -4.61. The van der Waals surface area contributed by atoms with E-state index in [0.29, 0.717) is 12.1 Å². The van der Waals surface area contributed by atoms with E-state index in [4.69, 9.17) is 0 Å². The summed E-state index contributed by atoms with van der Waals surface area (Å²) in [4.78, 5) is 0. The van der Waals surface area contributed by atoms with Crippen LogP contribution in [-0.4, -0.2) is 27.3 Å². The number of anilines is 1. The number of rotatable bonds is 5. The van der Waals surface area contributed by atoms with Crippen LogP contribution in [0.2, 0.25) is 0 Å². The normalized spacial score (nSPS) is 19.4. The van der Waals surface area contributed by atoms with Gasteiger partial charge in [0, 0.05) is 12.6 Å². The van der Waals surface area contributed by atoms with Crippen LogP contribution in [0.3, 0.4) is 0 Å². The molecule has 0 radical (unpaired) electrons. The number of fused-ring (bicyclic) bond motifs is 1. The number of benzene rings is 1. The Bertz CT molecular complexity index is 578. The lowest BCUT2D eigenvalue weighted by Crippen LogP contribution is -2.36. The van der Waals surface area contributed by atoms with Crippen molar-refractivity contribution < 1.29 is 17.2 Å². The first-order valence-corrected chi connectivity index (χ1v) is 8.60. The topological polar surface area (TPSA) is 49.4 Å². The second-order valence-corrected chi connectivity index (χ2v) is 6.91. The molecule has 1 aliphatic rings. The molecular formula is C14H20F2N2O2S. The van der Waals surface area contributed by atoms with Crippen molar-refractivity contribution in [3.8, 4) is 0 Å². The van der Waals surface area contributed by atoms with Crippen molar-refractivity contribution in [1.29, 1.82) is 0 Å². The quantitative estimate of drug-likeness (QED) is 0.908. The van der Waals surface area contributed by atoms with Crippen molar-refractivity contribution in [1.82, 2.24) is 5.32 Å². The molecule has 1 aliphatic heterocycles. The smallest absolute Gasteiger partial charge is 0.310 e. The standard InChI is InChI=1S/C14H20F2N2O2S/c1-2-9-17-12-7-5-10-18(21(19,20)14(15)16)13-8-4-3-6-11(12)13/h3-4,6,8,12,14,17H,2,5,7,9-10H2,1H3. The average Bonchev–Trinajstić information content (AvgIpc) is 2.64. The molecule has 1 heterocycles. The molecule has 0 amide bonds. The van der Waals surface area contributed by atoms with Gasteiger partial charge in [0.15, 0.2) is 0 Å². The van der Waals surface area contributed by atoms with E-state index >= 15 is 0 Å². The zero-order chi connectivity index (χ0) is 15.5. The fraction of sp³-hybridized carbons (Fsp3) is 0.571. The molecule has 0 bridgehead atoms. The largest absolute Gasteiger partial charge is 0.355 e. The highest BCUT2D eigenvalue weighted by Crippen LogP contribution is 2.35. The third-order valence-corrected chi connectivity index (χ3v) is 5.05. The van der Waals surface area contributed by atoms with E-state index in [9.17, 15) is 17.2 Å². The van der Waals surface area contributed by atoms with Gasteiger partial charge in [-0.05, 0) is 37.4 Å². The van der Waals surface area contributed by atoms with Crippen molar-refractivity contribution in [3.63, 3.8) is 0 Å². The molecule has 1 N–H and O–H groups in total. The Hall–Kier alpha value is -1.21. The van der Waals surface area contributed by atoms with Crippen LogP contribution in [0.25, 0.3) is 0 Å². The van der Waals surface area contributed by atoms with E-state index in [1.54, 1.807) is 18.2 Å². The summed E-state index contributed by atoms with van der Waals surface area (Å²) in [5, 5.41) is 3.36. The van der Waals surface area contributed by atoms with E-state index in [0.717, 1.165) is 29.3 Å². The van der Waals surface area contributed by atoms with E-state index in [2.05, 4.69) is 5.32 Å². The van der Waals surface area contributed by atoms with E-state index in [-0.39, 0.29) is 12.6 Å². The van der Waals surface area contributed by atoms with Gasteiger partial charge in [-0.3, -0.25) is 4.31 Å². The van der Waals surface area contributed by atoms with Gasteiger partial charge in [-0.2, -0.15) is 8.78 Å². The Kier molecular flexibility index (Phi) is 5.16. The van der Waals surface area contributed by atoms with Crippen molar-refractivity contribution in [2.75, 3.05) is 17.4 Å². The number of halogens is 2. The molecule has 0 saturated heterocycles. The van der Waals surface area contributed by atoms with Gasteiger partial charge < -0.3 is 5.32 Å². The van der Waals surface area contributed by atoms with Gasteiger partial charge in [0.2, 0.25) is 0 Å². The molecule has 7 heteroatoms. The van der Waals surface area contributed by atoms with Crippen molar-refractivity contribution in [3.05, 3.63) is 29.8 Å². The Labute approximate surface area is 124 Å². The number of sulfonamides is 1. The first kappa shape index (κ1) is 16.2. The Morgan fingerprint density at radius 3 is 2.76 bits per heavy atom. The second kappa shape index (κ2) is 6.70. The van der Waals surface area contributed by atoms with Gasteiger partial charge in [-0.1, -0.05) is 25.1 Å². The molecule has 1 aromatic rings. The van der Waals surface area contributed by atoms with Crippen LogP contribution in [0.1, 0.15) is 37.8 Å². The maximum Gasteiger partial charge on any atom is 0.355 e. The van der Waals surface area contributed by atoms with Gasteiger partial charge >= 0.3 is 5.76 Å². The molecule has 1 unspecified atom stereocenters. The monoisotopic (exact) mass is 318 g/mol. The lowest BCUT2D eigenvalue weighted by atomic mass is 10.0. The summed E-state index contributed by atoms with van der Waals surface area (Å²) < 4.78 is 50.4. The molecular weight excluding hydrogens is 298 g/mol. The highest BCUT2D eigenvalue weighted by molar-refractivity contribution is 7.93. The minimum Gasteiger partial charge on any atom is -0.310 e. The van der Waals surface area contributed by atoms with Crippen LogP contribution in [0.4, 0.5) is 14.5 Å². The maximum atomic E-state index is 12.9. The van der Waals surface area contributed by atoms with E-state index in [1.807, 2.05) is 13.0 Å². The number of nitrogens with one attached hydrogen (secondary N) is 1. The summed E-state index contributed by atoms with van der Waals surface area (Å²) >= 11 is 0. The van der Waals surface area contributed by atoms with Crippen LogP contribution in [0.15, 0.2) is 24.3 Å². The van der Waals surface area contributed by atoms with Crippen molar-refractivity contribution in [2.45, 2.75) is 38.0 Å². The van der Waals surface area contributed by atoms with Gasteiger partial charge in [0.25, 0.3) is 10.0 Å². The fourth-order valence-corrected chi connectivity index (χ4v) is 3.63. The molecule has 1 aromatic carbocycles. The molecule has 2 rings (SSSR count). The summed E-state index contributed by atoms with van der Waals surface area (Å²) in [6.07, 6.45) is 2.23. The lowest BCUT2D eigenvalue weighted by Gasteiger charge is -2.25. The Morgan fingerprint density at radius 1 is 1.38 bits per heavy atom. The summed E-state index contributed by atoms with van der Waals surface area (Å²) in [6.45, 7) is 2.94. The molecule has 0 aromatic heterocycles. The molecule has 0 saturated carbocycles. The molecule has 118 valence electrons. The third-order valence-electron chi connectivity index (χ3n) is 3.61. The molecule has 0 aliphatic carbocycles. The Morgan fingerprint density at radius 2 is 2.10 bits per heavy atom. The number of nitrogens with zero attached hydrogens (tertiary/aromatic N) is 1. The third kappa shape index (κ3) is 3.35. The number of alkyl halides is 2. The lowest BCUT2D eigenvalue weighted by molar-refractivity contribution is 0.234. The summed E-state index contributed by atoms with van der Waals surface area (Å²) in [7, 11) is -4.61. The van der Waals surface area contributed by atoms with Crippen molar-refractivity contribution in [2.24, 2.45) is 0 Å². The predicted molar refractivity (Wildman–Crippen MR) is 79.0 cm³/mol. The second-order valence-electron chi connectivity index (χ2n) is 5.09. The number of hydrogen-bond acceptors (Lipinski definition) is 3. The highest BCUT2D eigenvalue weighted by Gasteiger charge is 2.35. The first-order chi connectivity index (χ1) is 9.98. The summed E-state index contributed by atoms with van der Waals surface area (Å²) in [6, 6.07) is 6.88. The van der Waals surface area contributed by atoms with Crippen molar-refractivity contribution >= 4 is 15.7 Å². The summed E-state index contributed by atoms with van der Waals surface area (Å²) in [5.74, 6) is -3.40. The molecule has 21 heavy (non-hydrogen) atoms. The van der Waals surface area contributed by atoms with Gasteiger partial charge in [0.1, 0.15) is 0 Å². The summed E-state index contributed by atoms with van der Waals surface area (Å²) in [5.41, 5.74) is 1.14. The van der Waals surface area contributed by atoms with Crippen LogP contribution in [-0.2, 0) is 10.0 Å². The van der Waals surface area contributed by atoms with Crippen LogP contribution in [0, 0.1) is 0 Å². The van der Waals surface area contributed by atoms with E-state index in [1.165, 1.54) is 0 Å². The maximum absolute atomic E-state index is 12.9. The molecule has 0 spiro atoms. The van der Waals surface area contributed by atoms with Crippen LogP contribution >= 0.6 is 0 Å². The molecule has 4 nitrogen and oxygen atoms in total. The first-order valence-electron chi connectivity index (χ1n) is 7.10. The predicted octanol–water partition coefficient (Wildman–Crippen LogP) is 2.88. The molecule has 1 atom stereocenters. The van der Waals surface area contributed by atoms with Crippen LogP contribution in [0.5, 0.6) is 0 Å². The number of hydrogen-bond donors (Lipinski definition) is 1.